The number of nitrogens with zero attached hydrogens (tertiary/aromatic N) is 3. The predicted octanol–water partition coefficient (Wildman–Crippen LogP) is 3.33. The molecule has 0 saturated heterocycles. The van der Waals surface area contributed by atoms with Crippen LogP contribution in [0.5, 0.6) is 0 Å². The van der Waals surface area contributed by atoms with Crippen molar-refractivity contribution in [3.63, 3.8) is 0 Å². The third kappa shape index (κ3) is 3.46. The molecule has 1 atom stereocenters. The molecule has 0 bridgehead atoms. The van der Waals surface area contributed by atoms with E-state index in [1.165, 1.54) is 5.56 Å². The molecule has 0 aliphatic rings. The standard InChI is InChI=1S/C15H24N4S/c1-10-9-20-14(17-10)11(2)16-7-12-8-19(6)18-13(12)15(3,4)5/h8-9,11,16H,7H2,1-6H3. The van der Waals surface area contributed by atoms with Gasteiger partial charge in [0.25, 0.3) is 0 Å². The van der Waals surface area contributed by atoms with Crippen LogP contribution in [-0.2, 0) is 19.0 Å². The van der Waals surface area contributed by atoms with Crippen LogP contribution in [0.25, 0.3) is 0 Å². The Hall–Kier alpha value is -1.20. The van der Waals surface area contributed by atoms with Gasteiger partial charge in [-0.3, -0.25) is 4.68 Å². The van der Waals surface area contributed by atoms with Crippen LogP contribution in [-0.4, -0.2) is 14.8 Å². The Bertz CT molecular complexity index is 577. The number of aryl methyl sites for hydroxylation is 2. The van der Waals surface area contributed by atoms with E-state index in [0.29, 0.717) is 0 Å². The molecule has 0 aliphatic carbocycles. The van der Waals surface area contributed by atoms with Crippen molar-refractivity contribution in [2.75, 3.05) is 0 Å². The van der Waals surface area contributed by atoms with Gasteiger partial charge in [0.1, 0.15) is 5.01 Å². The molecule has 5 heteroatoms. The number of hydrogen-bond donors (Lipinski definition) is 1. The van der Waals surface area contributed by atoms with Crippen LogP contribution < -0.4 is 5.32 Å². The van der Waals surface area contributed by atoms with Gasteiger partial charge in [-0.15, -0.1) is 11.3 Å². The average molecular weight is 292 g/mol. The number of hydrogen-bond acceptors (Lipinski definition) is 4. The summed E-state index contributed by atoms with van der Waals surface area (Å²) in [5, 5.41) is 11.4. The van der Waals surface area contributed by atoms with Crippen molar-refractivity contribution in [2.45, 2.75) is 52.6 Å². The number of aromatic nitrogens is 3. The highest BCUT2D eigenvalue weighted by molar-refractivity contribution is 7.09. The Morgan fingerprint density at radius 1 is 1.40 bits per heavy atom. The Morgan fingerprint density at radius 3 is 2.65 bits per heavy atom. The number of thiazole rings is 1. The summed E-state index contributed by atoms with van der Waals surface area (Å²) in [6.07, 6.45) is 2.10. The molecule has 2 aromatic heterocycles. The van der Waals surface area contributed by atoms with Crippen LogP contribution in [0.4, 0.5) is 0 Å². The first kappa shape index (κ1) is 15.2. The van der Waals surface area contributed by atoms with Crippen molar-refractivity contribution >= 4 is 11.3 Å². The predicted molar refractivity (Wildman–Crippen MR) is 84.0 cm³/mol. The second-order valence-electron chi connectivity index (χ2n) is 6.36. The maximum Gasteiger partial charge on any atom is 0.110 e. The molecule has 0 amide bonds. The molecular formula is C15H24N4S. The molecule has 20 heavy (non-hydrogen) atoms. The highest BCUT2D eigenvalue weighted by Crippen LogP contribution is 2.25. The maximum absolute atomic E-state index is 4.60. The Balaban J connectivity index is 2.08. The summed E-state index contributed by atoms with van der Waals surface area (Å²) in [6.45, 7) is 11.6. The quantitative estimate of drug-likeness (QED) is 0.940. The van der Waals surface area contributed by atoms with Crippen molar-refractivity contribution < 1.29 is 0 Å². The first-order chi connectivity index (χ1) is 9.27. The van der Waals surface area contributed by atoms with Gasteiger partial charge in [-0.05, 0) is 13.8 Å². The first-order valence-corrected chi connectivity index (χ1v) is 7.83. The fourth-order valence-electron chi connectivity index (χ4n) is 2.22. The van der Waals surface area contributed by atoms with Gasteiger partial charge in [-0.25, -0.2) is 4.98 Å². The second-order valence-corrected chi connectivity index (χ2v) is 7.25. The van der Waals surface area contributed by atoms with Crippen molar-refractivity contribution in [3.05, 3.63) is 33.5 Å². The molecular weight excluding hydrogens is 268 g/mol. The van der Waals surface area contributed by atoms with E-state index in [4.69, 9.17) is 0 Å². The van der Waals surface area contributed by atoms with Crippen LogP contribution in [0, 0.1) is 6.92 Å². The highest BCUT2D eigenvalue weighted by Gasteiger charge is 2.22. The van der Waals surface area contributed by atoms with Gasteiger partial charge in [-0.2, -0.15) is 5.10 Å². The average Bonchev–Trinajstić information content (AvgIpc) is 2.91. The molecule has 4 nitrogen and oxygen atoms in total. The molecule has 1 unspecified atom stereocenters. The smallest absolute Gasteiger partial charge is 0.110 e. The lowest BCUT2D eigenvalue weighted by Crippen LogP contribution is -2.21. The van der Waals surface area contributed by atoms with E-state index in [1.807, 2.05) is 18.7 Å². The lowest BCUT2D eigenvalue weighted by molar-refractivity contribution is 0.530. The van der Waals surface area contributed by atoms with Crippen LogP contribution in [0.15, 0.2) is 11.6 Å². The van der Waals surface area contributed by atoms with Crippen molar-refractivity contribution in [1.29, 1.82) is 0 Å². The number of nitrogens with one attached hydrogen (secondary N) is 1. The normalized spacial score (nSPS) is 13.7. The van der Waals surface area contributed by atoms with Crippen LogP contribution >= 0.6 is 11.3 Å². The van der Waals surface area contributed by atoms with Gasteiger partial charge in [-0.1, -0.05) is 20.8 Å². The zero-order valence-electron chi connectivity index (χ0n) is 13.2. The van der Waals surface area contributed by atoms with Gasteiger partial charge in [0.2, 0.25) is 0 Å². The first-order valence-electron chi connectivity index (χ1n) is 6.96. The van der Waals surface area contributed by atoms with Gasteiger partial charge < -0.3 is 5.32 Å². The maximum atomic E-state index is 4.60. The van der Waals surface area contributed by atoms with Crippen LogP contribution in [0.1, 0.15) is 55.7 Å². The third-order valence-corrected chi connectivity index (χ3v) is 4.37. The summed E-state index contributed by atoms with van der Waals surface area (Å²) in [4.78, 5) is 4.53. The van der Waals surface area contributed by atoms with E-state index in [-0.39, 0.29) is 11.5 Å². The molecule has 0 saturated carbocycles. The molecule has 1 N–H and O–H groups in total. The van der Waals surface area contributed by atoms with E-state index < -0.39 is 0 Å². The summed E-state index contributed by atoms with van der Waals surface area (Å²) in [6, 6.07) is 0.265. The highest BCUT2D eigenvalue weighted by atomic mass is 32.1. The minimum absolute atomic E-state index is 0.0687. The summed E-state index contributed by atoms with van der Waals surface area (Å²) in [7, 11) is 1.98. The van der Waals surface area contributed by atoms with E-state index in [0.717, 1.165) is 22.9 Å². The summed E-state index contributed by atoms with van der Waals surface area (Å²) >= 11 is 1.71. The Morgan fingerprint density at radius 2 is 2.10 bits per heavy atom. The fraction of sp³-hybridized carbons (Fsp3) is 0.600. The van der Waals surface area contributed by atoms with E-state index in [1.54, 1.807) is 11.3 Å². The molecule has 0 fully saturated rings. The zero-order valence-corrected chi connectivity index (χ0v) is 14.0. The minimum atomic E-state index is 0.0687. The topological polar surface area (TPSA) is 42.7 Å². The Labute approximate surface area is 125 Å². The lowest BCUT2D eigenvalue weighted by atomic mass is 9.89. The largest absolute Gasteiger partial charge is 0.304 e. The van der Waals surface area contributed by atoms with Crippen molar-refractivity contribution in [2.24, 2.45) is 7.05 Å². The molecule has 110 valence electrons. The molecule has 0 radical (unpaired) electrons. The SMILES string of the molecule is Cc1csc(C(C)NCc2cn(C)nc2C(C)(C)C)n1. The second kappa shape index (κ2) is 5.66. The van der Waals surface area contributed by atoms with Gasteiger partial charge in [0.15, 0.2) is 0 Å². The van der Waals surface area contributed by atoms with Gasteiger partial charge in [0, 0.05) is 41.8 Å². The molecule has 2 heterocycles. The van der Waals surface area contributed by atoms with Crippen molar-refractivity contribution in [1.82, 2.24) is 20.1 Å². The monoisotopic (exact) mass is 292 g/mol. The van der Waals surface area contributed by atoms with Crippen molar-refractivity contribution in [3.8, 4) is 0 Å². The van der Waals surface area contributed by atoms with E-state index in [9.17, 15) is 0 Å². The lowest BCUT2D eigenvalue weighted by Gasteiger charge is -2.18. The van der Waals surface area contributed by atoms with Gasteiger partial charge >= 0.3 is 0 Å². The van der Waals surface area contributed by atoms with E-state index in [2.05, 4.69) is 54.7 Å². The zero-order chi connectivity index (χ0) is 14.9. The van der Waals surface area contributed by atoms with Crippen LogP contribution in [0.2, 0.25) is 0 Å². The van der Waals surface area contributed by atoms with E-state index >= 15 is 0 Å². The third-order valence-electron chi connectivity index (χ3n) is 3.22. The fourth-order valence-corrected chi connectivity index (χ4v) is 3.05. The number of rotatable bonds is 4. The Kier molecular flexibility index (Phi) is 4.30. The summed E-state index contributed by atoms with van der Waals surface area (Å²) in [5.41, 5.74) is 3.59. The summed E-state index contributed by atoms with van der Waals surface area (Å²) in [5.74, 6) is 0. The molecule has 0 spiro atoms. The molecule has 2 rings (SSSR count). The molecule has 0 aliphatic heterocycles. The molecule has 2 aromatic rings. The van der Waals surface area contributed by atoms with Crippen LogP contribution in [0.3, 0.4) is 0 Å². The summed E-state index contributed by atoms with van der Waals surface area (Å²) < 4.78 is 1.90. The van der Waals surface area contributed by atoms with Gasteiger partial charge in [0.05, 0.1) is 11.7 Å². The minimum Gasteiger partial charge on any atom is -0.304 e. The molecule has 0 aromatic carbocycles.